The molecule has 2 heteroatoms. The fourth-order valence-electron chi connectivity index (χ4n) is 2.92. The SMILES string of the molecule is COc1ccc(C(Br)C2CCCC2(C)C)cc1. The molecule has 2 atom stereocenters. The Kier molecular flexibility index (Phi) is 3.82. The van der Waals surface area contributed by atoms with Crippen molar-refractivity contribution in [2.24, 2.45) is 11.3 Å². The second kappa shape index (κ2) is 5.01. The Morgan fingerprint density at radius 3 is 2.41 bits per heavy atom. The van der Waals surface area contributed by atoms with Crippen LogP contribution >= 0.6 is 15.9 Å². The molecule has 17 heavy (non-hydrogen) atoms. The molecule has 0 radical (unpaired) electrons. The molecule has 0 saturated heterocycles. The number of rotatable bonds is 3. The summed E-state index contributed by atoms with van der Waals surface area (Å²) in [5, 5.41) is 0. The first-order chi connectivity index (χ1) is 8.04. The van der Waals surface area contributed by atoms with Crippen molar-refractivity contribution in [3.63, 3.8) is 0 Å². The summed E-state index contributed by atoms with van der Waals surface area (Å²) >= 11 is 3.89. The summed E-state index contributed by atoms with van der Waals surface area (Å²) in [6, 6.07) is 8.44. The van der Waals surface area contributed by atoms with Crippen LogP contribution in [0, 0.1) is 11.3 Å². The third-order valence-electron chi connectivity index (χ3n) is 4.13. The molecule has 0 bridgehead atoms. The molecule has 1 saturated carbocycles. The van der Waals surface area contributed by atoms with Gasteiger partial charge in [-0.05, 0) is 41.9 Å². The average molecular weight is 297 g/mol. The smallest absolute Gasteiger partial charge is 0.118 e. The summed E-state index contributed by atoms with van der Waals surface area (Å²) in [4.78, 5) is 0.464. The molecule has 0 aromatic heterocycles. The minimum atomic E-state index is 0.452. The molecule has 1 aromatic carbocycles. The zero-order valence-electron chi connectivity index (χ0n) is 10.9. The van der Waals surface area contributed by atoms with Gasteiger partial charge in [-0.15, -0.1) is 0 Å². The van der Waals surface area contributed by atoms with Gasteiger partial charge in [0.05, 0.1) is 7.11 Å². The maximum atomic E-state index is 5.20. The number of hydrogen-bond acceptors (Lipinski definition) is 1. The van der Waals surface area contributed by atoms with Gasteiger partial charge in [-0.25, -0.2) is 0 Å². The number of hydrogen-bond donors (Lipinski definition) is 0. The van der Waals surface area contributed by atoms with E-state index < -0.39 is 0 Å². The average Bonchev–Trinajstić information content (AvgIpc) is 2.68. The highest BCUT2D eigenvalue weighted by Crippen LogP contribution is 2.51. The first kappa shape index (κ1) is 12.9. The third kappa shape index (κ3) is 2.67. The van der Waals surface area contributed by atoms with Gasteiger partial charge in [0.1, 0.15) is 5.75 Å². The second-order valence-electron chi connectivity index (χ2n) is 5.66. The molecule has 0 spiro atoms. The maximum absolute atomic E-state index is 5.20. The summed E-state index contributed by atoms with van der Waals surface area (Å²) in [6.45, 7) is 4.78. The number of benzene rings is 1. The molecule has 1 fully saturated rings. The first-order valence-corrected chi connectivity index (χ1v) is 7.24. The number of alkyl halides is 1. The molecule has 0 amide bonds. The predicted molar refractivity (Wildman–Crippen MR) is 75.8 cm³/mol. The van der Waals surface area contributed by atoms with E-state index in [-0.39, 0.29) is 0 Å². The molecule has 1 aliphatic rings. The Hall–Kier alpha value is -0.500. The van der Waals surface area contributed by atoms with Gasteiger partial charge < -0.3 is 4.74 Å². The largest absolute Gasteiger partial charge is 0.497 e. The highest BCUT2D eigenvalue weighted by molar-refractivity contribution is 9.09. The van der Waals surface area contributed by atoms with Gasteiger partial charge in [0.25, 0.3) is 0 Å². The summed E-state index contributed by atoms with van der Waals surface area (Å²) in [6.07, 6.45) is 4.03. The van der Waals surface area contributed by atoms with E-state index in [0.717, 1.165) is 11.7 Å². The van der Waals surface area contributed by atoms with Crippen molar-refractivity contribution < 1.29 is 4.74 Å². The van der Waals surface area contributed by atoms with E-state index in [1.165, 1.54) is 24.8 Å². The molecule has 2 rings (SSSR count). The monoisotopic (exact) mass is 296 g/mol. The van der Waals surface area contributed by atoms with E-state index in [1.54, 1.807) is 7.11 Å². The molecule has 1 nitrogen and oxygen atoms in total. The van der Waals surface area contributed by atoms with E-state index >= 15 is 0 Å². The van der Waals surface area contributed by atoms with Gasteiger partial charge in [-0.1, -0.05) is 48.3 Å². The van der Waals surface area contributed by atoms with Gasteiger partial charge in [0, 0.05) is 4.83 Å². The van der Waals surface area contributed by atoms with Crippen LogP contribution in [-0.4, -0.2) is 7.11 Å². The van der Waals surface area contributed by atoms with Crippen molar-refractivity contribution in [3.8, 4) is 5.75 Å². The van der Waals surface area contributed by atoms with Crippen LogP contribution < -0.4 is 4.74 Å². The first-order valence-electron chi connectivity index (χ1n) is 6.32. The minimum absolute atomic E-state index is 0.452. The fourth-order valence-corrected chi connectivity index (χ4v) is 4.20. The number of ether oxygens (including phenoxy) is 1. The van der Waals surface area contributed by atoms with Gasteiger partial charge in [0.15, 0.2) is 0 Å². The quantitative estimate of drug-likeness (QED) is 0.717. The Bertz CT molecular complexity index is 369. The van der Waals surface area contributed by atoms with Gasteiger partial charge in [-0.2, -0.15) is 0 Å². The highest BCUT2D eigenvalue weighted by atomic mass is 79.9. The molecule has 0 heterocycles. The van der Waals surface area contributed by atoms with E-state index in [9.17, 15) is 0 Å². The van der Waals surface area contributed by atoms with Crippen LogP contribution in [0.1, 0.15) is 43.5 Å². The molecular formula is C15H21BrO. The van der Waals surface area contributed by atoms with Crippen molar-refractivity contribution in [2.45, 2.75) is 37.9 Å². The molecule has 1 aliphatic carbocycles. The fraction of sp³-hybridized carbons (Fsp3) is 0.600. The lowest BCUT2D eigenvalue weighted by Gasteiger charge is -2.31. The van der Waals surface area contributed by atoms with Crippen LogP contribution in [-0.2, 0) is 0 Å². The molecule has 0 aliphatic heterocycles. The van der Waals surface area contributed by atoms with Gasteiger partial charge in [0.2, 0.25) is 0 Å². The summed E-state index contributed by atoms with van der Waals surface area (Å²) in [5.41, 5.74) is 1.82. The summed E-state index contributed by atoms with van der Waals surface area (Å²) in [7, 11) is 1.71. The van der Waals surface area contributed by atoms with Crippen molar-refractivity contribution in [1.82, 2.24) is 0 Å². The molecule has 1 aromatic rings. The predicted octanol–water partition coefficient (Wildman–Crippen LogP) is 4.96. The topological polar surface area (TPSA) is 9.23 Å². The van der Waals surface area contributed by atoms with E-state index in [1.807, 2.05) is 12.1 Å². The summed E-state index contributed by atoms with van der Waals surface area (Å²) in [5.74, 6) is 1.66. The normalized spacial score (nSPS) is 24.6. The van der Waals surface area contributed by atoms with Crippen molar-refractivity contribution in [2.75, 3.05) is 7.11 Å². The van der Waals surface area contributed by atoms with Gasteiger partial charge in [-0.3, -0.25) is 0 Å². The van der Waals surface area contributed by atoms with Crippen LogP contribution in [0.15, 0.2) is 24.3 Å². The lowest BCUT2D eigenvalue weighted by atomic mass is 9.78. The van der Waals surface area contributed by atoms with Crippen LogP contribution in [0.3, 0.4) is 0 Å². The standard InChI is InChI=1S/C15H21BrO/c1-15(2)10-4-5-13(15)14(16)11-6-8-12(17-3)9-7-11/h6-9,13-14H,4-5,10H2,1-3H3. The minimum Gasteiger partial charge on any atom is -0.497 e. The summed E-state index contributed by atoms with van der Waals surface area (Å²) < 4.78 is 5.20. The number of methoxy groups -OCH3 is 1. The van der Waals surface area contributed by atoms with Crippen LogP contribution in [0.5, 0.6) is 5.75 Å². The van der Waals surface area contributed by atoms with Crippen LogP contribution in [0.4, 0.5) is 0 Å². The molecule has 94 valence electrons. The third-order valence-corrected chi connectivity index (χ3v) is 5.29. The van der Waals surface area contributed by atoms with Crippen LogP contribution in [0.25, 0.3) is 0 Å². The molecular weight excluding hydrogens is 276 g/mol. The Morgan fingerprint density at radius 2 is 1.94 bits per heavy atom. The Balaban J connectivity index is 2.16. The van der Waals surface area contributed by atoms with E-state index in [2.05, 4.69) is 41.9 Å². The van der Waals surface area contributed by atoms with E-state index in [4.69, 9.17) is 4.74 Å². The Morgan fingerprint density at radius 1 is 1.29 bits per heavy atom. The zero-order valence-corrected chi connectivity index (χ0v) is 12.5. The lowest BCUT2D eigenvalue weighted by Crippen LogP contribution is -2.21. The van der Waals surface area contributed by atoms with E-state index in [0.29, 0.717) is 10.2 Å². The van der Waals surface area contributed by atoms with Crippen LogP contribution in [0.2, 0.25) is 0 Å². The Labute approximate surface area is 113 Å². The van der Waals surface area contributed by atoms with Crippen molar-refractivity contribution in [1.29, 1.82) is 0 Å². The zero-order chi connectivity index (χ0) is 12.5. The van der Waals surface area contributed by atoms with Crippen molar-refractivity contribution in [3.05, 3.63) is 29.8 Å². The van der Waals surface area contributed by atoms with Gasteiger partial charge >= 0.3 is 0 Å². The number of halogens is 1. The lowest BCUT2D eigenvalue weighted by molar-refractivity contribution is 0.257. The highest BCUT2D eigenvalue weighted by Gasteiger charge is 2.38. The molecule has 2 unspecified atom stereocenters. The van der Waals surface area contributed by atoms with Crippen molar-refractivity contribution >= 4 is 15.9 Å². The molecule has 0 N–H and O–H groups in total. The maximum Gasteiger partial charge on any atom is 0.118 e. The second-order valence-corrected chi connectivity index (χ2v) is 6.65.